The molecule has 0 spiro atoms. The number of aromatic nitrogens is 2. The van der Waals surface area contributed by atoms with Crippen molar-refractivity contribution in [1.82, 2.24) is 9.97 Å². The molecule has 0 saturated heterocycles. The Hall–Kier alpha value is -1.12. The molecule has 1 rings (SSSR count). The summed E-state index contributed by atoms with van der Waals surface area (Å²) in [5.74, 6) is 0. The van der Waals surface area contributed by atoms with E-state index in [1.54, 1.807) is 12.4 Å². The van der Waals surface area contributed by atoms with E-state index in [1.165, 1.54) is 0 Å². The van der Waals surface area contributed by atoms with E-state index in [4.69, 9.17) is 0 Å². The Labute approximate surface area is 59.1 Å². The summed E-state index contributed by atoms with van der Waals surface area (Å²) in [5.41, 5.74) is 0.807. The van der Waals surface area contributed by atoms with Gasteiger partial charge in [0.25, 0.3) is 0 Å². The summed E-state index contributed by atoms with van der Waals surface area (Å²) in [4.78, 5) is 16.6. The molecule has 1 heterocycles. The van der Waals surface area contributed by atoms with Crippen LogP contribution in [0.5, 0.6) is 0 Å². The van der Waals surface area contributed by atoms with Gasteiger partial charge in [0, 0.05) is 12.4 Å². The molecule has 0 saturated carbocycles. The lowest BCUT2D eigenvalue weighted by Gasteiger charge is -1.92. The molecule has 0 unspecified atom stereocenters. The molecule has 0 aliphatic carbocycles. The first-order chi connectivity index (χ1) is 4.83. The maximum absolute atomic E-state index is 10.5. The van der Waals surface area contributed by atoms with Gasteiger partial charge in [-0.2, -0.15) is 0 Å². The van der Waals surface area contributed by atoms with E-state index in [0.29, 0.717) is 0 Å². The second-order valence-corrected chi connectivity index (χ2v) is 2.18. The largest absolute Gasteiger partial charge is 0.344 e. The number of hydrogen-bond acceptors (Lipinski definition) is 2. The number of rotatable bonds is 2. The summed E-state index contributed by atoms with van der Waals surface area (Å²) in [6, 6.07) is 0. The number of nitrogens with one attached hydrogen (secondary N) is 1. The maximum Gasteiger partial charge on any atom is 0.344 e. The topological polar surface area (TPSA) is 45.8 Å². The number of aromatic amines is 1. The third-order valence-electron chi connectivity index (χ3n) is 1.27. The molecule has 0 radical (unpaired) electrons. The van der Waals surface area contributed by atoms with Crippen LogP contribution in [0, 0.1) is 0 Å². The van der Waals surface area contributed by atoms with E-state index in [1.807, 2.05) is 0 Å². The van der Waals surface area contributed by atoms with Crippen LogP contribution in [0.3, 0.4) is 0 Å². The first kappa shape index (κ1) is 6.99. The van der Waals surface area contributed by atoms with Crippen LogP contribution in [0.4, 0.5) is 0 Å². The van der Waals surface area contributed by atoms with Gasteiger partial charge in [-0.05, 0) is 12.0 Å². The minimum absolute atomic E-state index is 0.278. The summed E-state index contributed by atoms with van der Waals surface area (Å²) in [5, 5.41) is 0. The van der Waals surface area contributed by atoms with Gasteiger partial charge in [-0.3, -0.25) is 0 Å². The third-order valence-corrected chi connectivity index (χ3v) is 1.27. The van der Waals surface area contributed by atoms with Gasteiger partial charge in [-0.15, -0.1) is 0 Å². The highest BCUT2D eigenvalue weighted by Crippen LogP contribution is 1.94. The van der Waals surface area contributed by atoms with Crippen molar-refractivity contribution in [3.63, 3.8) is 0 Å². The van der Waals surface area contributed by atoms with Gasteiger partial charge in [-0.1, -0.05) is 13.3 Å². The smallest absolute Gasteiger partial charge is 0.312 e. The Morgan fingerprint density at radius 3 is 3.00 bits per heavy atom. The Kier molecular flexibility index (Phi) is 2.20. The van der Waals surface area contributed by atoms with Crippen molar-refractivity contribution < 1.29 is 0 Å². The highest BCUT2D eigenvalue weighted by molar-refractivity contribution is 5.01. The van der Waals surface area contributed by atoms with Gasteiger partial charge in [-0.25, -0.2) is 9.78 Å². The normalized spacial score (nSPS) is 9.70. The second kappa shape index (κ2) is 3.15. The van der Waals surface area contributed by atoms with E-state index in [-0.39, 0.29) is 5.69 Å². The molecule has 0 atom stereocenters. The fourth-order valence-corrected chi connectivity index (χ4v) is 0.796. The van der Waals surface area contributed by atoms with Crippen LogP contribution >= 0.6 is 0 Å². The highest BCUT2D eigenvalue weighted by Gasteiger charge is 1.89. The summed E-state index contributed by atoms with van der Waals surface area (Å²) in [7, 11) is 0. The predicted molar refractivity (Wildman–Crippen MR) is 38.9 cm³/mol. The zero-order valence-electron chi connectivity index (χ0n) is 5.92. The van der Waals surface area contributed by atoms with Crippen molar-refractivity contribution in [2.75, 3.05) is 0 Å². The summed E-state index contributed by atoms with van der Waals surface area (Å²) in [6.07, 6.45) is 5.37. The summed E-state index contributed by atoms with van der Waals surface area (Å²) < 4.78 is 0. The Morgan fingerprint density at radius 2 is 2.50 bits per heavy atom. The van der Waals surface area contributed by atoms with Crippen molar-refractivity contribution in [3.05, 3.63) is 28.4 Å². The number of aryl methyl sites for hydroxylation is 1. The van der Waals surface area contributed by atoms with Crippen LogP contribution in [-0.4, -0.2) is 9.97 Å². The molecule has 1 aromatic heterocycles. The summed E-state index contributed by atoms with van der Waals surface area (Å²) in [6.45, 7) is 2.09. The molecule has 0 aromatic carbocycles. The molecule has 10 heavy (non-hydrogen) atoms. The second-order valence-electron chi connectivity index (χ2n) is 2.18. The van der Waals surface area contributed by atoms with Gasteiger partial charge >= 0.3 is 5.69 Å². The molecule has 0 fully saturated rings. The van der Waals surface area contributed by atoms with Crippen LogP contribution in [0.25, 0.3) is 0 Å². The molecule has 0 bridgehead atoms. The zero-order valence-corrected chi connectivity index (χ0v) is 5.92. The van der Waals surface area contributed by atoms with Crippen molar-refractivity contribution in [2.24, 2.45) is 0 Å². The van der Waals surface area contributed by atoms with E-state index in [0.717, 1.165) is 18.4 Å². The SMILES string of the molecule is CCCc1cnc(=O)[nH]c1. The molecule has 0 amide bonds. The fourth-order valence-electron chi connectivity index (χ4n) is 0.796. The highest BCUT2D eigenvalue weighted by atomic mass is 16.1. The number of H-pyrrole nitrogens is 1. The number of nitrogens with zero attached hydrogens (tertiary/aromatic N) is 1. The lowest BCUT2D eigenvalue weighted by Crippen LogP contribution is -2.08. The molecule has 1 N–H and O–H groups in total. The van der Waals surface area contributed by atoms with Gasteiger partial charge in [0.1, 0.15) is 0 Å². The molecular formula is C7H10N2O. The van der Waals surface area contributed by atoms with Crippen LogP contribution in [-0.2, 0) is 6.42 Å². The molecule has 1 aromatic rings. The molecular weight excluding hydrogens is 128 g/mol. The zero-order chi connectivity index (χ0) is 7.40. The molecule has 3 nitrogen and oxygen atoms in total. The van der Waals surface area contributed by atoms with E-state index < -0.39 is 0 Å². The minimum Gasteiger partial charge on any atom is -0.312 e. The lowest BCUT2D eigenvalue weighted by molar-refractivity contribution is 0.891. The molecule has 0 aliphatic heterocycles. The molecule has 54 valence electrons. The van der Waals surface area contributed by atoms with Gasteiger partial charge in [0.05, 0.1) is 0 Å². The third kappa shape index (κ3) is 1.69. The van der Waals surface area contributed by atoms with Crippen molar-refractivity contribution >= 4 is 0 Å². The van der Waals surface area contributed by atoms with Crippen molar-refractivity contribution in [2.45, 2.75) is 19.8 Å². The van der Waals surface area contributed by atoms with Gasteiger partial charge < -0.3 is 4.98 Å². The first-order valence-electron chi connectivity index (χ1n) is 3.36. The van der Waals surface area contributed by atoms with Gasteiger partial charge in [0.15, 0.2) is 0 Å². The van der Waals surface area contributed by atoms with Gasteiger partial charge in [0.2, 0.25) is 0 Å². The summed E-state index contributed by atoms with van der Waals surface area (Å²) >= 11 is 0. The van der Waals surface area contributed by atoms with Crippen LogP contribution in [0.2, 0.25) is 0 Å². The molecule has 0 aliphatic rings. The lowest BCUT2D eigenvalue weighted by atomic mass is 10.2. The predicted octanol–water partition coefficient (Wildman–Crippen LogP) is 0.722. The average molecular weight is 138 g/mol. The molecule has 3 heteroatoms. The van der Waals surface area contributed by atoms with Crippen molar-refractivity contribution in [3.8, 4) is 0 Å². The quantitative estimate of drug-likeness (QED) is 0.654. The standard InChI is InChI=1S/C7H10N2O/c1-2-3-6-4-8-7(10)9-5-6/h4-5H,2-3H2,1H3,(H,8,9,10). The van der Waals surface area contributed by atoms with E-state index >= 15 is 0 Å². The van der Waals surface area contributed by atoms with Crippen molar-refractivity contribution in [1.29, 1.82) is 0 Å². The number of hydrogen-bond donors (Lipinski definition) is 1. The van der Waals surface area contributed by atoms with E-state index in [9.17, 15) is 4.79 Å². The maximum atomic E-state index is 10.5. The van der Waals surface area contributed by atoms with Crippen LogP contribution in [0.1, 0.15) is 18.9 Å². The van der Waals surface area contributed by atoms with Crippen LogP contribution < -0.4 is 5.69 Å². The Balaban J connectivity index is 2.79. The Bertz CT molecular complexity index is 234. The van der Waals surface area contributed by atoms with E-state index in [2.05, 4.69) is 16.9 Å². The average Bonchev–Trinajstić information content (AvgIpc) is 1.95. The minimum atomic E-state index is -0.278. The monoisotopic (exact) mass is 138 g/mol. The first-order valence-corrected chi connectivity index (χ1v) is 3.36. The Morgan fingerprint density at radius 1 is 1.70 bits per heavy atom. The van der Waals surface area contributed by atoms with Crippen LogP contribution in [0.15, 0.2) is 17.2 Å². The fraction of sp³-hybridized carbons (Fsp3) is 0.429.